The minimum atomic E-state index is -1.86. The van der Waals surface area contributed by atoms with Crippen molar-refractivity contribution in [1.82, 2.24) is 5.43 Å². The molecule has 0 heterocycles. The number of hydrazone groups is 1. The van der Waals surface area contributed by atoms with Gasteiger partial charge in [-0.1, -0.05) is 90.5 Å². The molecule has 3 aromatic carbocycles. The molecule has 0 saturated carbocycles. The van der Waals surface area contributed by atoms with Gasteiger partial charge in [-0.05, 0) is 17.2 Å². The molecule has 0 bridgehead atoms. The van der Waals surface area contributed by atoms with Crippen LogP contribution in [-0.2, 0) is 10.4 Å². The summed E-state index contributed by atoms with van der Waals surface area (Å²) in [6.45, 7) is 0. The number of halogens is 1. The van der Waals surface area contributed by atoms with Crippen LogP contribution in [0.2, 0.25) is 5.02 Å². The summed E-state index contributed by atoms with van der Waals surface area (Å²) in [7, 11) is 0. The first-order chi connectivity index (χ1) is 12.6. The van der Waals surface area contributed by atoms with E-state index in [0.717, 1.165) is 0 Å². The van der Waals surface area contributed by atoms with Gasteiger partial charge < -0.3 is 5.11 Å². The molecule has 0 atom stereocenters. The SMILES string of the molecule is O=C(N/N=C/c1ccccc1Cl)C(O)(c1ccccc1)c1ccccc1. The van der Waals surface area contributed by atoms with E-state index in [4.69, 9.17) is 11.6 Å². The van der Waals surface area contributed by atoms with Gasteiger partial charge >= 0.3 is 0 Å². The maximum atomic E-state index is 12.8. The number of benzene rings is 3. The monoisotopic (exact) mass is 364 g/mol. The molecule has 0 aliphatic heterocycles. The third-order valence-corrected chi connectivity index (χ3v) is 4.33. The first-order valence-electron chi connectivity index (χ1n) is 8.04. The number of carbonyl (C=O) groups excluding carboxylic acids is 1. The van der Waals surface area contributed by atoms with Crippen LogP contribution < -0.4 is 5.43 Å². The van der Waals surface area contributed by atoms with Gasteiger partial charge in [-0.2, -0.15) is 5.10 Å². The van der Waals surface area contributed by atoms with Gasteiger partial charge in [-0.3, -0.25) is 4.79 Å². The number of hydrogen-bond acceptors (Lipinski definition) is 3. The lowest BCUT2D eigenvalue weighted by atomic mass is 9.85. The highest BCUT2D eigenvalue weighted by molar-refractivity contribution is 6.33. The van der Waals surface area contributed by atoms with Gasteiger partial charge in [0, 0.05) is 10.6 Å². The molecule has 2 N–H and O–H groups in total. The van der Waals surface area contributed by atoms with Crippen molar-refractivity contribution in [3.63, 3.8) is 0 Å². The highest BCUT2D eigenvalue weighted by Crippen LogP contribution is 2.29. The maximum Gasteiger partial charge on any atom is 0.281 e. The van der Waals surface area contributed by atoms with Crippen LogP contribution in [0.25, 0.3) is 0 Å². The summed E-state index contributed by atoms with van der Waals surface area (Å²) < 4.78 is 0. The summed E-state index contributed by atoms with van der Waals surface area (Å²) >= 11 is 6.07. The van der Waals surface area contributed by atoms with E-state index in [1.165, 1.54) is 6.21 Å². The molecule has 0 aromatic heterocycles. The number of hydrogen-bond donors (Lipinski definition) is 2. The van der Waals surface area contributed by atoms with E-state index in [1.54, 1.807) is 60.7 Å². The Morgan fingerprint density at radius 1 is 0.885 bits per heavy atom. The summed E-state index contributed by atoms with van der Waals surface area (Å²) in [5, 5.41) is 15.7. The first-order valence-corrected chi connectivity index (χ1v) is 8.41. The highest BCUT2D eigenvalue weighted by Gasteiger charge is 2.39. The lowest BCUT2D eigenvalue weighted by molar-refractivity contribution is -0.136. The van der Waals surface area contributed by atoms with Gasteiger partial charge in [0.25, 0.3) is 5.91 Å². The van der Waals surface area contributed by atoms with Crippen LogP contribution in [-0.4, -0.2) is 17.2 Å². The van der Waals surface area contributed by atoms with Crippen molar-refractivity contribution in [3.8, 4) is 0 Å². The van der Waals surface area contributed by atoms with Crippen molar-refractivity contribution in [2.45, 2.75) is 5.60 Å². The van der Waals surface area contributed by atoms with Crippen LogP contribution >= 0.6 is 11.6 Å². The topological polar surface area (TPSA) is 61.7 Å². The molecule has 4 nitrogen and oxygen atoms in total. The molecule has 0 spiro atoms. The van der Waals surface area contributed by atoms with E-state index in [9.17, 15) is 9.90 Å². The third-order valence-electron chi connectivity index (χ3n) is 3.99. The smallest absolute Gasteiger partial charge is 0.281 e. The van der Waals surface area contributed by atoms with Crippen LogP contribution in [0, 0.1) is 0 Å². The minimum absolute atomic E-state index is 0.455. The number of nitrogens with one attached hydrogen (secondary N) is 1. The van der Waals surface area contributed by atoms with E-state index in [0.29, 0.717) is 21.7 Å². The Balaban J connectivity index is 1.90. The number of carbonyl (C=O) groups is 1. The summed E-state index contributed by atoms with van der Waals surface area (Å²) in [4.78, 5) is 12.8. The Hall–Kier alpha value is -2.95. The molecule has 0 aliphatic rings. The van der Waals surface area contributed by atoms with Gasteiger partial charge in [0.2, 0.25) is 0 Å². The zero-order chi connectivity index (χ0) is 18.4. The molecular weight excluding hydrogens is 348 g/mol. The summed E-state index contributed by atoms with van der Waals surface area (Å²) in [5.41, 5.74) is 2.13. The summed E-state index contributed by atoms with van der Waals surface area (Å²) in [5.74, 6) is -0.654. The van der Waals surface area contributed by atoms with E-state index in [2.05, 4.69) is 10.5 Å². The molecule has 130 valence electrons. The Kier molecular flexibility index (Phi) is 5.46. The second-order valence-corrected chi connectivity index (χ2v) is 6.07. The molecule has 3 aromatic rings. The highest BCUT2D eigenvalue weighted by atomic mass is 35.5. The lowest BCUT2D eigenvalue weighted by Crippen LogP contribution is -2.43. The van der Waals surface area contributed by atoms with Crippen LogP contribution in [0.3, 0.4) is 0 Å². The first kappa shape index (κ1) is 17.9. The Morgan fingerprint density at radius 2 is 1.38 bits per heavy atom. The molecule has 0 unspecified atom stereocenters. The fraction of sp³-hybridized carbons (Fsp3) is 0.0476. The Morgan fingerprint density at radius 3 is 1.92 bits per heavy atom. The van der Waals surface area contributed by atoms with E-state index in [1.807, 2.05) is 24.3 Å². The lowest BCUT2D eigenvalue weighted by Gasteiger charge is -2.27. The van der Waals surface area contributed by atoms with E-state index < -0.39 is 11.5 Å². The van der Waals surface area contributed by atoms with Gasteiger partial charge in [-0.15, -0.1) is 0 Å². The molecule has 0 saturated heterocycles. The van der Waals surface area contributed by atoms with Crippen molar-refractivity contribution in [3.05, 3.63) is 107 Å². The minimum Gasteiger partial charge on any atom is -0.372 e. The number of aliphatic hydroxyl groups is 1. The molecule has 0 aliphatic carbocycles. The predicted octanol–water partition coefficient (Wildman–Crippen LogP) is 3.73. The third kappa shape index (κ3) is 3.67. The number of nitrogens with zero attached hydrogens (tertiary/aromatic N) is 1. The number of rotatable bonds is 5. The average Bonchev–Trinajstić information content (AvgIpc) is 2.70. The van der Waals surface area contributed by atoms with Gasteiger partial charge in [-0.25, -0.2) is 5.43 Å². The molecule has 1 amide bonds. The van der Waals surface area contributed by atoms with Crippen LogP contribution in [0.5, 0.6) is 0 Å². The molecular formula is C21H17ClN2O2. The van der Waals surface area contributed by atoms with Crippen molar-refractivity contribution in [2.75, 3.05) is 0 Å². The largest absolute Gasteiger partial charge is 0.372 e. The second kappa shape index (κ2) is 7.95. The van der Waals surface area contributed by atoms with Crippen molar-refractivity contribution < 1.29 is 9.90 Å². The van der Waals surface area contributed by atoms with Crippen LogP contribution in [0.1, 0.15) is 16.7 Å². The molecule has 3 rings (SSSR count). The van der Waals surface area contributed by atoms with Crippen molar-refractivity contribution >= 4 is 23.7 Å². The van der Waals surface area contributed by atoms with Gasteiger partial charge in [0.1, 0.15) is 0 Å². The molecule has 26 heavy (non-hydrogen) atoms. The van der Waals surface area contributed by atoms with Crippen LogP contribution in [0.4, 0.5) is 0 Å². The van der Waals surface area contributed by atoms with E-state index in [-0.39, 0.29) is 0 Å². The zero-order valence-electron chi connectivity index (χ0n) is 13.8. The fourth-order valence-electron chi connectivity index (χ4n) is 2.61. The maximum absolute atomic E-state index is 12.8. The Bertz CT molecular complexity index is 872. The zero-order valence-corrected chi connectivity index (χ0v) is 14.6. The number of amides is 1. The van der Waals surface area contributed by atoms with Gasteiger partial charge in [0.05, 0.1) is 6.21 Å². The quantitative estimate of drug-likeness (QED) is 0.535. The van der Waals surface area contributed by atoms with Crippen molar-refractivity contribution in [1.29, 1.82) is 0 Å². The summed E-state index contributed by atoms with van der Waals surface area (Å²) in [6, 6.07) is 24.6. The average molecular weight is 365 g/mol. The van der Waals surface area contributed by atoms with Crippen molar-refractivity contribution in [2.24, 2.45) is 5.10 Å². The standard InChI is InChI=1S/C21H17ClN2O2/c22-19-14-8-7-9-16(19)15-23-24-20(25)21(26,17-10-3-1-4-11-17)18-12-5-2-6-13-18/h1-15,26H,(H,24,25)/b23-15+. The summed E-state index contributed by atoms with van der Waals surface area (Å²) in [6.07, 6.45) is 1.44. The normalized spacial score (nSPS) is 11.5. The van der Waals surface area contributed by atoms with E-state index >= 15 is 0 Å². The molecule has 0 fully saturated rings. The van der Waals surface area contributed by atoms with Crippen LogP contribution in [0.15, 0.2) is 90.0 Å². The fourth-order valence-corrected chi connectivity index (χ4v) is 2.79. The second-order valence-electron chi connectivity index (χ2n) is 5.66. The van der Waals surface area contributed by atoms with Gasteiger partial charge in [0.15, 0.2) is 5.60 Å². The molecule has 5 heteroatoms. The Labute approximate surface area is 156 Å². The predicted molar refractivity (Wildman–Crippen MR) is 103 cm³/mol. The molecule has 0 radical (unpaired) electrons.